The van der Waals surface area contributed by atoms with Crippen LogP contribution in [0.2, 0.25) is 0 Å². The van der Waals surface area contributed by atoms with Gasteiger partial charge in [-0.1, -0.05) is 42.1 Å². The number of rotatable bonds is 6. The highest BCUT2D eigenvalue weighted by Crippen LogP contribution is 2.40. The Morgan fingerprint density at radius 2 is 1.93 bits per heavy atom. The lowest BCUT2D eigenvalue weighted by Crippen LogP contribution is -2.03. The Morgan fingerprint density at radius 1 is 1.03 bits per heavy atom. The van der Waals surface area contributed by atoms with E-state index in [1.165, 1.54) is 16.9 Å². The Balaban J connectivity index is 1.55. The first-order valence-electron chi connectivity index (χ1n) is 9.05. The summed E-state index contributed by atoms with van der Waals surface area (Å²) in [7, 11) is 0. The van der Waals surface area contributed by atoms with E-state index in [1.54, 1.807) is 24.2 Å². The Kier molecular flexibility index (Phi) is 4.79. The number of nitrogens with zero attached hydrogens (tertiary/aromatic N) is 4. The lowest BCUT2D eigenvalue weighted by molar-refractivity contribution is 0.485. The maximum absolute atomic E-state index is 6.45. The quantitative estimate of drug-likeness (QED) is 0.387. The van der Waals surface area contributed by atoms with E-state index < -0.39 is 0 Å². The van der Waals surface area contributed by atoms with E-state index >= 15 is 0 Å². The molecule has 5 rings (SSSR count). The molecule has 0 fully saturated rings. The average Bonchev–Trinajstić information content (AvgIpc) is 3.48. The fourth-order valence-electron chi connectivity index (χ4n) is 3.10. The highest BCUT2D eigenvalue weighted by Gasteiger charge is 2.21. The molecule has 2 N–H and O–H groups in total. The van der Waals surface area contributed by atoms with Crippen LogP contribution in [0.4, 0.5) is 5.69 Å². The molecule has 0 spiro atoms. The molecule has 0 saturated heterocycles. The van der Waals surface area contributed by atoms with Gasteiger partial charge in [-0.15, -0.1) is 21.5 Å². The monoisotopic (exact) mass is 419 g/mol. The molecule has 1 aromatic carbocycles. The summed E-state index contributed by atoms with van der Waals surface area (Å²) in [6.45, 7) is 0.535. The SMILES string of the molecule is Nc1c(-c2nnc(SCc3ccccc3)n2Cc2ccco2)sc2ncccc12. The van der Waals surface area contributed by atoms with Gasteiger partial charge in [-0.05, 0) is 29.8 Å². The molecule has 8 heteroatoms. The predicted molar refractivity (Wildman–Crippen MR) is 117 cm³/mol. The van der Waals surface area contributed by atoms with Crippen molar-refractivity contribution < 1.29 is 4.42 Å². The van der Waals surface area contributed by atoms with Crippen LogP contribution in [0.15, 0.2) is 76.6 Å². The Hall–Kier alpha value is -3.10. The smallest absolute Gasteiger partial charge is 0.192 e. The Morgan fingerprint density at radius 3 is 2.72 bits per heavy atom. The van der Waals surface area contributed by atoms with Gasteiger partial charge in [0, 0.05) is 17.3 Å². The third-order valence-corrected chi connectivity index (χ3v) is 6.69. The van der Waals surface area contributed by atoms with Crippen LogP contribution in [0.25, 0.3) is 20.9 Å². The number of pyridine rings is 1. The molecule has 29 heavy (non-hydrogen) atoms. The zero-order chi connectivity index (χ0) is 19.6. The number of hydrogen-bond acceptors (Lipinski definition) is 7. The van der Waals surface area contributed by atoms with Crippen molar-refractivity contribution in [2.24, 2.45) is 0 Å². The molecule has 0 aliphatic rings. The molecular weight excluding hydrogens is 402 g/mol. The highest BCUT2D eigenvalue weighted by atomic mass is 32.2. The molecule has 144 valence electrons. The molecule has 0 aliphatic carbocycles. The molecule has 5 aromatic rings. The molecule has 0 atom stereocenters. The summed E-state index contributed by atoms with van der Waals surface area (Å²) in [5.41, 5.74) is 8.37. The van der Waals surface area contributed by atoms with Crippen molar-refractivity contribution in [1.29, 1.82) is 0 Å². The van der Waals surface area contributed by atoms with Crippen LogP contribution in [0.3, 0.4) is 0 Å². The summed E-state index contributed by atoms with van der Waals surface area (Å²) in [5, 5.41) is 10.7. The largest absolute Gasteiger partial charge is 0.467 e. The number of aromatic nitrogens is 4. The van der Waals surface area contributed by atoms with Crippen LogP contribution >= 0.6 is 23.1 Å². The van der Waals surface area contributed by atoms with Gasteiger partial charge in [-0.3, -0.25) is 4.57 Å². The number of hydrogen-bond donors (Lipinski definition) is 1. The van der Waals surface area contributed by atoms with Gasteiger partial charge in [0.15, 0.2) is 11.0 Å². The summed E-state index contributed by atoms with van der Waals surface area (Å²) in [6.07, 6.45) is 3.45. The normalized spacial score (nSPS) is 11.3. The van der Waals surface area contributed by atoms with Crippen LogP contribution in [-0.4, -0.2) is 19.7 Å². The van der Waals surface area contributed by atoms with E-state index in [2.05, 4.69) is 31.9 Å². The minimum atomic E-state index is 0.535. The van der Waals surface area contributed by atoms with Gasteiger partial charge in [-0.25, -0.2) is 4.98 Å². The number of furan rings is 1. The fraction of sp³-hybridized carbons (Fsp3) is 0.0952. The van der Waals surface area contributed by atoms with E-state index in [9.17, 15) is 0 Å². The second-order valence-electron chi connectivity index (χ2n) is 6.45. The standard InChI is InChI=1S/C21H17N5OS2/c22-17-16-9-4-10-23-20(16)29-18(17)19-24-25-21(26(19)12-15-8-5-11-27-15)28-13-14-6-2-1-3-7-14/h1-11H,12-13,22H2. The zero-order valence-corrected chi connectivity index (χ0v) is 17.0. The summed E-state index contributed by atoms with van der Waals surface area (Å²) in [5.74, 6) is 2.38. The lowest BCUT2D eigenvalue weighted by atomic mass is 10.2. The van der Waals surface area contributed by atoms with Crippen molar-refractivity contribution in [3.8, 4) is 10.7 Å². The molecule has 4 heterocycles. The summed E-state index contributed by atoms with van der Waals surface area (Å²) >= 11 is 3.18. The molecular formula is C21H17N5OS2. The fourth-order valence-corrected chi connectivity index (χ4v) is 5.05. The second-order valence-corrected chi connectivity index (χ2v) is 8.39. The topological polar surface area (TPSA) is 82.8 Å². The first-order valence-corrected chi connectivity index (χ1v) is 10.9. The van der Waals surface area contributed by atoms with Gasteiger partial charge in [0.1, 0.15) is 10.6 Å². The first-order chi connectivity index (χ1) is 14.3. The Labute approximate surface area is 175 Å². The van der Waals surface area contributed by atoms with Gasteiger partial charge in [0.2, 0.25) is 0 Å². The highest BCUT2D eigenvalue weighted by molar-refractivity contribution is 7.98. The molecule has 0 amide bonds. The number of nitrogens with two attached hydrogens (primary N) is 1. The third kappa shape index (κ3) is 3.52. The van der Waals surface area contributed by atoms with Crippen LogP contribution in [0, 0.1) is 0 Å². The summed E-state index contributed by atoms with van der Waals surface area (Å²) < 4.78 is 7.64. The lowest BCUT2D eigenvalue weighted by Gasteiger charge is -2.08. The van der Waals surface area contributed by atoms with E-state index in [4.69, 9.17) is 10.2 Å². The van der Waals surface area contributed by atoms with E-state index in [0.717, 1.165) is 37.6 Å². The van der Waals surface area contributed by atoms with Crippen molar-refractivity contribution in [1.82, 2.24) is 19.7 Å². The molecule has 0 radical (unpaired) electrons. The number of benzene rings is 1. The second kappa shape index (κ2) is 7.73. The minimum absolute atomic E-state index is 0.535. The number of anilines is 1. The summed E-state index contributed by atoms with van der Waals surface area (Å²) in [6, 6.07) is 18.0. The number of fused-ring (bicyclic) bond motifs is 1. The molecule has 6 nitrogen and oxygen atoms in total. The van der Waals surface area contributed by atoms with Crippen molar-refractivity contribution in [2.45, 2.75) is 17.5 Å². The van der Waals surface area contributed by atoms with Crippen LogP contribution in [0.1, 0.15) is 11.3 Å². The van der Waals surface area contributed by atoms with Crippen molar-refractivity contribution in [3.05, 3.63) is 78.4 Å². The minimum Gasteiger partial charge on any atom is -0.467 e. The van der Waals surface area contributed by atoms with Crippen molar-refractivity contribution >= 4 is 39.0 Å². The number of thioether (sulfide) groups is 1. The average molecular weight is 420 g/mol. The maximum atomic E-state index is 6.45. The van der Waals surface area contributed by atoms with E-state index in [-0.39, 0.29) is 0 Å². The third-order valence-electron chi connectivity index (χ3n) is 4.53. The zero-order valence-electron chi connectivity index (χ0n) is 15.4. The van der Waals surface area contributed by atoms with Gasteiger partial charge >= 0.3 is 0 Å². The molecule has 0 saturated carbocycles. The van der Waals surface area contributed by atoms with Gasteiger partial charge in [0.05, 0.1) is 23.4 Å². The van der Waals surface area contributed by atoms with Crippen molar-refractivity contribution in [3.63, 3.8) is 0 Å². The summed E-state index contributed by atoms with van der Waals surface area (Å²) in [4.78, 5) is 6.21. The molecule has 0 aliphatic heterocycles. The van der Waals surface area contributed by atoms with Crippen LogP contribution in [0.5, 0.6) is 0 Å². The molecule has 4 aromatic heterocycles. The van der Waals surface area contributed by atoms with Crippen LogP contribution in [-0.2, 0) is 12.3 Å². The maximum Gasteiger partial charge on any atom is 0.192 e. The van der Waals surface area contributed by atoms with Gasteiger partial charge in [0.25, 0.3) is 0 Å². The molecule has 0 bridgehead atoms. The van der Waals surface area contributed by atoms with Crippen molar-refractivity contribution in [2.75, 3.05) is 5.73 Å². The predicted octanol–water partition coefficient (Wildman–Crippen LogP) is 5.07. The van der Waals surface area contributed by atoms with E-state index in [1.807, 2.05) is 42.5 Å². The Bertz CT molecular complexity index is 1250. The number of thiophene rings is 1. The molecule has 0 unspecified atom stereocenters. The van der Waals surface area contributed by atoms with Gasteiger partial charge in [-0.2, -0.15) is 0 Å². The first kappa shape index (κ1) is 18.0. The number of nitrogen functional groups attached to an aromatic ring is 1. The van der Waals surface area contributed by atoms with Crippen LogP contribution < -0.4 is 5.73 Å². The van der Waals surface area contributed by atoms with Gasteiger partial charge < -0.3 is 10.2 Å². The van der Waals surface area contributed by atoms with E-state index in [0.29, 0.717) is 12.2 Å².